The summed E-state index contributed by atoms with van der Waals surface area (Å²) in [6.45, 7) is 2.67. The van der Waals surface area contributed by atoms with Crippen molar-refractivity contribution in [2.75, 3.05) is 18.6 Å². The smallest absolute Gasteiger partial charge is 0.259 e. The van der Waals surface area contributed by atoms with Crippen LogP contribution in [-0.4, -0.2) is 30.8 Å². The van der Waals surface area contributed by atoms with Crippen molar-refractivity contribution in [1.29, 1.82) is 0 Å². The second-order valence-corrected chi connectivity index (χ2v) is 7.62. The number of aliphatic hydroxyl groups is 1. The van der Waals surface area contributed by atoms with Gasteiger partial charge in [-0.15, -0.1) is 0 Å². The van der Waals surface area contributed by atoms with E-state index in [1.807, 2.05) is 72.8 Å². The minimum atomic E-state index is -1.10. The van der Waals surface area contributed by atoms with Crippen molar-refractivity contribution in [2.45, 2.75) is 31.9 Å². The van der Waals surface area contributed by atoms with Gasteiger partial charge in [-0.1, -0.05) is 55.8 Å². The van der Waals surface area contributed by atoms with Crippen molar-refractivity contribution in [2.24, 2.45) is 0 Å². The van der Waals surface area contributed by atoms with Crippen molar-refractivity contribution in [3.8, 4) is 22.6 Å². The summed E-state index contributed by atoms with van der Waals surface area (Å²) in [4.78, 5) is 14.2. The van der Waals surface area contributed by atoms with Crippen LogP contribution in [-0.2, 0) is 4.79 Å². The van der Waals surface area contributed by atoms with Crippen molar-refractivity contribution in [1.82, 2.24) is 0 Å². The Morgan fingerprint density at radius 3 is 2.35 bits per heavy atom. The Kier molecular flexibility index (Phi) is 6.23. The molecule has 160 valence electrons. The van der Waals surface area contributed by atoms with Gasteiger partial charge in [0.15, 0.2) is 6.10 Å². The Labute approximate surface area is 182 Å². The number of rotatable bonds is 8. The van der Waals surface area contributed by atoms with Crippen LogP contribution in [0.3, 0.4) is 0 Å². The number of anilines is 1. The number of amides is 1. The fraction of sp³-hybridized carbons (Fsp3) is 0.269. The molecule has 1 heterocycles. The Morgan fingerprint density at radius 1 is 0.968 bits per heavy atom. The fourth-order valence-corrected chi connectivity index (χ4v) is 3.85. The third kappa shape index (κ3) is 4.14. The first-order valence-electron chi connectivity index (χ1n) is 10.6. The molecule has 1 aliphatic heterocycles. The minimum Gasteiger partial charge on any atom is -0.497 e. The molecule has 0 saturated carbocycles. The second kappa shape index (κ2) is 9.23. The van der Waals surface area contributed by atoms with Crippen LogP contribution >= 0.6 is 0 Å². The normalized spacial score (nSPS) is 17.9. The van der Waals surface area contributed by atoms with Crippen LogP contribution in [0.4, 0.5) is 5.69 Å². The summed E-state index contributed by atoms with van der Waals surface area (Å²) in [5.41, 5.74) is 3.70. The van der Waals surface area contributed by atoms with Gasteiger partial charge >= 0.3 is 0 Å². The first-order valence-corrected chi connectivity index (χ1v) is 10.6. The van der Waals surface area contributed by atoms with Gasteiger partial charge in [0.05, 0.1) is 13.7 Å². The van der Waals surface area contributed by atoms with Crippen molar-refractivity contribution >= 4 is 11.6 Å². The first-order chi connectivity index (χ1) is 15.1. The van der Waals surface area contributed by atoms with Crippen LogP contribution in [0.15, 0.2) is 72.8 Å². The van der Waals surface area contributed by atoms with Gasteiger partial charge in [0.2, 0.25) is 0 Å². The lowest BCUT2D eigenvalue weighted by Gasteiger charge is -2.45. The molecule has 1 fully saturated rings. The van der Waals surface area contributed by atoms with Crippen LogP contribution in [0.1, 0.15) is 31.4 Å². The highest BCUT2D eigenvalue weighted by Gasteiger charge is 2.49. The highest BCUT2D eigenvalue weighted by atomic mass is 16.5. The molecule has 0 unspecified atom stereocenters. The van der Waals surface area contributed by atoms with Crippen LogP contribution in [0.25, 0.3) is 11.1 Å². The molecular weight excluding hydrogens is 390 g/mol. The van der Waals surface area contributed by atoms with E-state index in [1.165, 1.54) is 0 Å². The maximum atomic E-state index is 12.6. The van der Waals surface area contributed by atoms with E-state index in [0.717, 1.165) is 35.2 Å². The third-order valence-corrected chi connectivity index (χ3v) is 5.62. The number of methoxy groups -OCH3 is 1. The number of nitrogens with zero attached hydrogens (tertiary/aromatic N) is 1. The highest BCUT2D eigenvalue weighted by Crippen LogP contribution is 2.44. The van der Waals surface area contributed by atoms with Gasteiger partial charge in [-0.05, 0) is 41.8 Å². The first kappa shape index (κ1) is 20.9. The molecule has 1 saturated heterocycles. The summed E-state index contributed by atoms with van der Waals surface area (Å²) >= 11 is 0. The van der Waals surface area contributed by atoms with Crippen LogP contribution in [0.2, 0.25) is 0 Å². The molecule has 0 spiro atoms. The molecule has 0 bridgehead atoms. The second-order valence-electron chi connectivity index (χ2n) is 7.62. The van der Waals surface area contributed by atoms with Gasteiger partial charge in [0.25, 0.3) is 5.91 Å². The molecule has 2 atom stereocenters. The zero-order valence-corrected chi connectivity index (χ0v) is 17.8. The molecule has 31 heavy (non-hydrogen) atoms. The molecule has 0 aromatic heterocycles. The molecular formula is C26H27NO4. The molecule has 1 amide bonds. The Morgan fingerprint density at radius 2 is 1.68 bits per heavy atom. The van der Waals surface area contributed by atoms with Crippen LogP contribution in [0, 0.1) is 0 Å². The van der Waals surface area contributed by atoms with E-state index in [4.69, 9.17) is 9.47 Å². The molecule has 0 aliphatic carbocycles. The number of carbonyl (C=O) groups is 1. The van der Waals surface area contributed by atoms with E-state index in [0.29, 0.717) is 18.1 Å². The Bertz CT molecular complexity index is 1030. The molecule has 5 nitrogen and oxygen atoms in total. The van der Waals surface area contributed by atoms with Crippen molar-refractivity contribution in [3.05, 3.63) is 78.4 Å². The van der Waals surface area contributed by atoms with Gasteiger partial charge in [-0.2, -0.15) is 0 Å². The molecule has 1 N–H and O–H groups in total. The van der Waals surface area contributed by atoms with E-state index in [2.05, 4.69) is 6.92 Å². The van der Waals surface area contributed by atoms with E-state index in [9.17, 15) is 9.90 Å². The van der Waals surface area contributed by atoms with Crippen LogP contribution < -0.4 is 14.4 Å². The van der Waals surface area contributed by atoms with E-state index < -0.39 is 12.1 Å². The van der Waals surface area contributed by atoms with Crippen molar-refractivity contribution in [3.63, 3.8) is 0 Å². The van der Waals surface area contributed by atoms with Gasteiger partial charge in [0.1, 0.15) is 17.5 Å². The summed E-state index contributed by atoms with van der Waals surface area (Å²) < 4.78 is 11.3. The average molecular weight is 418 g/mol. The number of benzene rings is 3. The Balaban J connectivity index is 1.63. The summed E-state index contributed by atoms with van der Waals surface area (Å²) in [7, 11) is 1.60. The Hall–Kier alpha value is -3.31. The van der Waals surface area contributed by atoms with Gasteiger partial charge < -0.3 is 14.6 Å². The van der Waals surface area contributed by atoms with Crippen LogP contribution in [0.5, 0.6) is 11.5 Å². The van der Waals surface area contributed by atoms with E-state index in [1.54, 1.807) is 12.0 Å². The lowest BCUT2D eigenvalue weighted by atomic mass is 9.89. The third-order valence-electron chi connectivity index (χ3n) is 5.62. The molecule has 4 rings (SSSR count). The largest absolute Gasteiger partial charge is 0.497 e. The summed E-state index contributed by atoms with van der Waals surface area (Å²) in [6.07, 6.45) is 0.840. The average Bonchev–Trinajstić information content (AvgIpc) is 2.83. The monoisotopic (exact) mass is 417 g/mol. The molecule has 5 heteroatoms. The highest BCUT2D eigenvalue weighted by molar-refractivity contribution is 6.05. The lowest BCUT2D eigenvalue weighted by Crippen LogP contribution is -2.59. The standard InChI is InChI=1S/C26H27NO4/c1-3-4-16-31-23-17-21(30-2)14-15-22(23)24-25(28)26(29)27(24)20-12-10-19(11-13-20)18-8-6-5-7-9-18/h5-15,17,24-25,28H,3-4,16H2,1-2H3/t24-,25+/m1/s1. The molecule has 1 aliphatic rings. The number of β-lactam (4-membered cyclic amide) rings is 1. The predicted octanol–water partition coefficient (Wildman–Crippen LogP) is 4.99. The molecule has 3 aromatic rings. The number of unbranched alkanes of at least 4 members (excludes halogenated alkanes) is 1. The number of carbonyl (C=O) groups excluding carboxylic acids is 1. The topological polar surface area (TPSA) is 59.0 Å². The zero-order chi connectivity index (χ0) is 21.8. The number of hydrogen-bond acceptors (Lipinski definition) is 4. The summed E-state index contributed by atoms with van der Waals surface area (Å²) in [6, 6.07) is 22.9. The van der Waals surface area contributed by atoms with Gasteiger partial charge in [0, 0.05) is 17.3 Å². The van der Waals surface area contributed by atoms with E-state index in [-0.39, 0.29) is 5.91 Å². The summed E-state index contributed by atoms with van der Waals surface area (Å²) in [5, 5.41) is 10.5. The number of ether oxygens (including phenoxy) is 2. The van der Waals surface area contributed by atoms with Gasteiger partial charge in [-0.3, -0.25) is 9.69 Å². The fourth-order valence-electron chi connectivity index (χ4n) is 3.85. The number of aliphatic hydroxyl groups excluding tert-OH is 1. The minimum absolute atomic E-state index is 0.312. The van der Waals surface area contributed by atoms with Gasteiger partial charge in [-0.25, -0.2) is 0 Å². The molecule has 3 aromatic carbocycles. The predicted molar refractivity (Wildman–Crippen MR) is 122 cm³/mol. The van der Waals surface area contributed by atoms with Crippen molar-refractivity contribution < 1.29 is 19.4 Å². The molecule has 0 radical (unpaired) electrons. The SMILES string of the molecule is CCCCOc1cc(OC)ccc1[C@@H]1[C@H](O)C(=O)N1c1ccc(-c2ccccc2)cc1. The zero-order valence-electron chi connectivity index (χ0n) is 17.8. The summed E-state index contributed by atoms with van der Waals surface area (Å²) in [5.74, 6) is 0.997. The maximum Gasteiger partial charge on any atom is 0.259 e. The maximum absolute atomic E-state index is 12.6. The number of hydrogen-bond donors (Lipinski definition) is 1. The van der Waals surface area contributed by atoms with E-state index >= 15 is 0 Å². The quantitative estimate of drug-likeness (QED) is 0.414. The lowest BCUT2D eigenvalue weighted by molar-refractivity contribution is -0.137.